The highest BCUT2D eigenvalue weighted by Crippen LogP contribution is 2.35. The molecule has 1 aliphatic heterocycles. The van der Waals surface area contributed by atoms with Gasteiger partial charge in [0, 0.05) is 35.2 Å². The van der Waals surface area contributed by atoms with Crippen LogP contribution in [0.25, 0.3) is 0 Å². The molecule has 0 aromatic heterocycles. The van der Waals surface area contributed by atoms with Crippen molar-refractivity contribution in [2.45, 2.75) is 19.0 Å². The molecule has 2 aromatic carbocycles. The van der Waals surface area contributed by atoms with Gasteiger partial charge in [-0.15, -0.1) is 0 Å². The first kappa shape index (κ1) is 14.9. The van der Waals surface area contributed by atoms with Crippen molar-refractivity contribution in [3.63, 3.8) is 0 Å². The van der Waals surface area contributed by atoms with Crippen LogP contribution < -0.4 is 5.73 Å². The second kappa shape index (κ2) is 6.37. The van der Waals surface area contributed by atoms with E-state index >= 15 is 0 Å². The zero-order valence-corrected chi connectivity index (χ0v) is 13.2. The van der Waals surface area contributed by atoms with Gasteiger partial charge in [0.25, 0.3) is 0 Å². The zero-order chi connectivity index (χ0) is 14.8. The fraction of sp³-hybridized carbons (Fsp3) is 0.294. The van der Waals surface area contributed by atoms with Gasteiger partial charge < -0.3 is 5.73 Å². The van der Waals surface area contributed by atoms with Gasteiger partial charge in [-0.25, -0.2) is 0 Å². The van der Waals surface area contributed by atoms with E-state index in [1.54, 1.807) is 0 Å². The third kappa shape index (κ3) is 2.95. The van der Waals surface area contributed by atoms with Gasteiger partial charge in [0.2, 0.25) is 0 Å². The van der Waals surface area contributed by atoms with Crippen molar-refractivity contribution in [1.29, 1.82) is 0 Å². The van der Waals surface area contributed by atoms with Crippen LogP contribution >= 0.6 is 23.2 Å². The number of hydrogen-bond acceptors (Lipinski definition) is 2. The van der Waals surface area contributed by atoms with Gasteiger partial charge >= 0.3 is 0 Å². The number of benzene rings is 2. The third-order valence-electron chi connectivity index (χ3n) is 4.16. The minimum absolute atomic E-state index is 0.0551. The molecule has 0 saturated heterocycles. The molecule has 0 aliphatic carbocycles. The second-order valence-corrected chi connectivity index (χ2v) is 6.19. The van der Waals surface area contributed by atoms with E-state index in [9.17, 15) is 0 Å². The van der Waals surface area contributed by atoms with Crippen molar-refractivity contribution in [2.75, 3.05) is 13.1 Å². The monoisotopic (exact) mass is 320 g/mol. The number of nitrogens with zero attached hydrogens (tertiary/aromatic N) is 1. The maximum absolute atomic E-state index is 6.36. The Morgan fingerprint density at radius 2 is 1.67 bits per heavy atom. The lowest BCUT2D eigenvalue weighted by Crippen LogP contribution is -2.38. The molecule has 4 heteroatoms. The maximum atomic E-state index is 6.36. The summed E-state index contributed by atoms with van der Waals surface area (Å²) in [5.74, 6) is 0. The molecule has 0 bridgehead atoms. The lowest BCUT2D eigenvalue weighted by atomic mass is 9.96. The van der Waals surface area contributed by atoms with Crippen LogP contribution in [0.1, 0.15) is 22.7 Å². The SMILES string of the molecule is NCC(c1c(Cl)cccc1Cl)N1CCc2ccccc2C1. The van der Waals surface area contributed by atoms with Crippen LogP contribution in [0.3, 0.4) is 0 Å². The minimum atomic E-state index is 0.0551. The first-order chi connectivity index (χ1) is 10.2. The summed E-state index contributed by atoms with van der Waals surface area (Å²) in [5.41, 5.74) is 9.77. The topological polar surface area (TPSA) is 29.3 Å². The van der Waals surface area contributed by atoms with Crippen LogP contribution in [0.4, 0.5) is 0 Å². The van der Waals surface area contributed by atoms with Gasteiger partial charge in [-0.3, -0.25) is 4.90 Å². The lowest BCUT2D eigenvalue weighted by molar-refractivity contribution is 0.184. The van der Waals surface area contributed by atoms with Crippen molar-refractivity contribution >= 4 is 23.2 Å². The summed E-state index contributed by atoms with van der Waals surface area (Å²) in [6, 6.07) is 14.2. The van der Waals surface area contributed by atoms with E-state index in [0.717, 1.165) is 25.1 Å². The Balaban J connectivity index is 1.92. The van der Waals surface area contributed by atoms with E-state index in [2.05, 4.69) is 29.2 Å². The van der Waals surface area contributed by atoms with Crippen molar-refractivity contribution in [3.05, 3.63) is 69.2 Å². The quantitative estimate of drug-likeness (QED) is 0.924. The maximum Gasteiger partial charge on any atom is 0.0503 e. The Bertz CT molecular complexity index is 622. The fourth-order valence-corrected chi connectivity index (χ4v) is 3.71. The van der Waals surface area contributed by atoms with Gasteiger partial charge in [-0.05, 0) is 29.7 Å². The molecule has 1 unspecified atom stereocenters. The fourth-order valence-electron chi connectivity index (χ4n) is 3.06. The molecule has 2 N–H and O–H groups in total. The first-order valence-corrected chi connectivity index (χ1v) is 7.91. The molecule has 0 radical (unpaired) electrons. The number of hydrogen-bond donors (Lipinski definition) is 1. The Labute approximate surface area is 135 Å². The smallest absolute Gasteiger partial charge is 0.0503 e. The summed E-state index contributed by atoms with van der Waals surface area (Å²) in [5, 5.41) is 1.38. The summed E-state index contributed by atoms with van der Waals surface area (Å²) in [7, 11) is 0. The highest BCUT2D eigenvalue weighted by molar-refractivity contribution is 6.36. The molecular formula is C17H18Cl2N2. The largest absolute Gasteiger partial charge is 0.329 e. The molecule has 0 spiro atoms. The van der Waals surface area contributed by atoms with Gasteiger partial charge in [0.1, 0.15) is 0 Å². The number of nitrogens with two attached hydrogens (primary N) is 1. The van der Waals surface area contributed by atoms with Crippen LogP contribution in [-0.4, -0.2) is 18.0 Å². The summed E-state index contributed by atoms with van der Waals surface area (Å²) >= 11 is 12.7. The Morgan fingerprint density at radius 3 is 2.33 bits per heavy atom. The highest BCUT2D eigenvalue weighted by atomic mass is 35.5. The molecule has 0 fully saturated rings. The van der Waals surface area contributed by atoms with E-state index in [4.69, 9.17) is 28.9 Å². The predicted octanol–water partition coefficient (Wildman–Crippen LogP) is 4.05. The molecule has 3 rings (SSSR count). The van der Waals surface area contributed by atoms with Crippen molar-refractivity contribution in [3.8, 4) is 0 Å². The average molecular weight is 321 g/mol. The minimum Gasteiger partial charge on any atom is -0.329 e. The predicted molar refractivity (Wildman–Crippen MR) is 88.8 cm³/mol. The second-order valence-electron chi connectivity index (χ2n) is 5.38. The van der Waals surface area contributed by atoms with Crippen LogP contribution in [0.15, 0.2) is 42.5 Å². The van der Waals surface area contributed by atoms with Crippen LogP contribution in [0.2, 0.25) is 10.0 Å². The Kier molecular flexibility index (Phi) is 4.51. The molecule has 0 amide bonds. The van der Waals surface area contributed by atoms with E-state index in [-0.39, 0.29) is 6.04 Å². The van der Waals surface area contributed by atoms with Crippen LogP contribution in [0.5, 0.6) is 0 Å². The average Bonchev–Trinajstić information content (AvgIpc) is 2.50. The normalized spacial score (nSPS) is 16.5. The van der Waals surface area contributed by atoms with Gasteiger partial charge in [-0.1, -0.05) is 53.5 Å². The Hall–Kier alpha value is -1.06. The number of rotatable bonds is 3. The third-order valence-corrected chi connectivity index (χ3v) is 4.82. The zero-order valence-electron chi connectivity index (χ0n) is 11.7. The molecular weight excluding hydrogens is 303 g/mol. The van der Waals surface area contributed by atoms with Crippen molar-refractivity contribution in [1.82, 2.24) is 4.90 Å². The summed E-state index contributed by atoms with van der Waals surface area (Å²) < 4.78 is 0. The van der Waals surface area contributed by atoms with E-state index in [1.807, 2.05) is 18.2 Å². The highest BCUT2D eigenvalue weighted by Gasteiger charge is 2.26. The van der Waals surface area contributed by atoms with Gasteiger partial charge in [0.05, 0.1) is 6.04 Å². The summed E-state index contributed by atoms with van der Waals surface area (Å²) in [6.45, 7) is 2.37. The van der Waals surface area contributed by atoms with Crippen LogP contribution in [-0.2, 0) is 13.0 Å². The number of halogens is 2. The molecule has 2 nitrogen and oxygen atoms in total. The number of fused-ring (bicyclic) bond motifs is 1. The first-order valence-electron chi connectivity index (χ1n) is 7.15. The van der Waals surface area contributed by atoms with E-state index < -0.39 is 0 Å². The standard InChI is InChI=1S/C17H18Cl2N2/c18-14-6-3-7-15(19)17(14)16(10-20)21-9-8-12-4-1-2-5-13(12)11-21/h1-7,16H,8-11,20H2. The van der Waals surface area contributed by atoms with Crippen molar-refractivity contribution < 1.29 is 0 Å². The summed E-state index contributed by atoms with van der Waals surface area (Å²) in [6.07, 6.45) is 1.04. The van der Waals surface area contributed by atoms with E-state index in [1.165, 1.54) is 11.1 Å². The molecule has 21 heavy (non-hydrogen) atoms. The summed E-state index contributed by atoms with van der Waals surface area (Å²) in [4.78, 5) is 2.37. The molecule has 1 heterocycles. The molecule has 0 saturated carbocycles. The molecule has 1 aliphatic rings. The van der Waals surface area contributed by atoms with Crippen molar-refractivity contribution in [2.24, 2.45) is 5.73 Å². The molecule has 2 aromatic rings. The van der Waals surface area contributed by atoms with Crippen LogP contribution in [0, 0.1) is 0 Å². The Morgan fingerprint density at radius 1 is 1.00 bits per heavy atom. The molecule has 1 atom stereocenters. The lowest BCUT2D eigenvalue weighted by Gasteiger charge is -2.36. The van der Waals surface area contributed by atoms with Gasteiger partial charge in [0.15, 0.2) is 0 Å². The van der Waals surface area contributed by atoms with E-state index in [0.29, 0.717) is 16.6 Å². The van der Waals surface area contributed by atoms with Gasteiger partial charge in [-0.2, -0.15) is 0 Å². The molecule has 110 valence electrons.